The standard InChI is InChI=1S/C42H83O9P/c1-3-5-7-9-11-13-15-17-18-19-20-21-23-25-27-29-31-33-35-48-38-41(39-50-52(46,47)49-37-40(44)36-43)51-42(45)34-32-30-28-26-24-22-16-14-12-10-8-6-4-2/h14,16,40-41,43-44H,3-13,15,17-39H2,1-2H3,(H,46,47)/b16-14-. The fourth-order valence-corrected chi connectivity index (χ4v) is 6.91. The summed E-state index contributed by atoms with van der Waals surface area (Å²) in [5.41, 5.74) is 0. The highest BCUT2D eigenvalue weighted by atomic mass is 31.2. The molecule has 0 aromatic heterocycles. The van der Waals surface area contributed by atoms with E-state index in [9.17, 15) is 19.4 Å². The maximum Gasteiger partial charge on any atom is 0.472 e. The lowest BCUT2D eigenvalue weighted by molar-refractivity contribution is -0.154. The fraction of sp³-hybridized carbons (Fsp3) is 0.929. The number of aliphatic hydroxyl groups excluding tert-OH is 2. The first-order valence-corrected chi connectivity index (χ1v) is 23.2. The number of allylic oxidation sites excluding steroid dienone is 2. The van der Waals surface area contributed by atoms with Crippen LogP contribution in [0, 0.1) is 0 Å². The second-order valence-corrected chi connectivity index (χ2v) is 16.2. The fourth-order valence-electron chi connectivity index (χ4n) is 6.12. The zero-order valence-corrected chi connectivity index (χ0v) is 34.7. The van der Waals surface area contributed by atoms with Crippen LogP contribution < -0.4 is 0 Å². The van der Waals surface area contributed by atoms with Crippen LogP contribution >= 0.6 is 7.82 Å². The molecule has 0 saturated heterocycles. The van der Waals surface area contributed by atoms with Crippen LogP contribution in [0.1, 0.15) is 206 Å². The van der Waals surface area contributed by atoms with E-state index < -0.39 is 33.2 Å². The summed E-state index contributed by atoms with van der Waals surface area (Å²) in [7, 11) is -4.51. The van der Waals surface area contributed by atoms with Crippen LogP contribution in [0.4, 0.5) is 0 Å². The summed E-state index contributed by atoms with van der Waals surface area (Å²) in [6.07, 6.45) is 38.8. The molecule has 0 aliphatic rings. The Bertz CT molecular complexity index is 825. The van der Waals surface area contributed by atoms with Crippen LogP contribution in [0.15, 0.2) is 12.2 Å². The zero-order valence-electron chi connectivity index (χ0n) is 33.8. The van der Waals surface area contributed by atoms with Crippen molar-refractivity contribution in [3.63, 3.8) is 0 Å². The van der Waals surface area contributed by atoms with E-state index in [1.165, 1.54) is 135 Å². The van der Waals surface area contributed by atoms with Gasteiger partial charge in [0.25, 0.3) is 0 Å². The molecule has 0 aromatic carbocycles. The smallest absolute Gasteiger partial charge is 0.457 e. The summed E-state index contributed by atoms with van der Waals surface area (Å²) in [6, 6.07) is 0. The van der Waals surface area contributed by atoms with Gasteiger partial charge in [-0.1, -0.05) is 174 Å². The monoisotopic (exact) mass is 763 g/mol. The molecule has 3 N–H and O–H groups in total. The van der Waals surface area contributed by atoms with E-state index in [2.05, 4.69) is 26.0 Å². The van der Waals surface area contributed by atoms with Crippen molar-refractivity contribution >= 4 is 13.8 Å². The number of hydrogen-bond acceptors (Lipinski definition) is 8. The van der Waals surface area contributed by atoms with Gasteiger partial charge < -0.3 is 24.6 Å². The van der Waals surface area contributed by atoms with Crippen molar-refractivity contribution in [2.75, 3.05) is 33.0 Å². The molecule has 0 radical (unpaired) electrons. The van der Waals surface area contributed by atoms with E-state index in [4.69, 9.17) is 23.6 Å². The highest BCUT2D eigenvalue weighted by Crippen LogP contribution is 2.43. The number of unbranched alkanes of at least 4 members (excludes halogenated alkanes) is 26. The van der Waals surface area contributed by atoms with Gasteiger partial charge in [-0.15, -0.1) is 0 Å². The third-order valence-electron chi connectivity index (χ3n) is 9.45. The summed E-state index contributed by atoms with van der Waals surface area (Å²) >= 11 is 0. The van der Waals surface area contributed by atoms with E-state index in [-0.39, 0.29) is 25.6 Å². The Morgan fingerprint density at radius 2 is 0.981 bits per heavy atom. The number of phosphoric acid groups is 1. The third-order valence-corrected chi connectivity index (χ3v) is 10.4. The number of ether oxygens (including phenoxy) is 2. The first kappa shape index (κ1) is 51.2. The molecule has 0 amide bonds. The Hall–Kier alpha value is -0.800. The van der Waals surface area contributed by atoms with Gasteiger partial charge in [0.1, 0.15) is 12.2 Å². The van der Waals surface area contributed by atoms with Crippen molar-refractivity contribution in [1.82, 2.24) is 0 Å². The summed E-state index contributed by atoms with van der Waals surface area (Å²) < 4.78 is 33.3. The Morgan fingerprint density at radius 1 is 0.577 bits per heavy atom. The maximum atomic E-state index is 12.6. The highest BCUT2D eigenvalue weighted by Gasteiger charge is 2.26. The summed E-state index contributed by atoms with van der Waals surface area (Å²) in [6.45, 7) is 3.53. The molecule has 0 fully saturated rings. The largest absolute Gasteiger partial charge is 0.472 e. The molecule has 0 aromatic rings. The molecule has 10 heteroatoms. The minimum Gasteiger partial charge on any atom is -0.457 e. The molecule has 9 nitrogen and oxygen atoms in total. The highest BCUT2D eigenvalue weighted by molar-refractivity contribution is 7.47. The molecular weight excluding hydrogens is 679 g/mol. The van der Waals surface area contributed by atoms with Gasteiger partial charge in [-0.2, -0.15) is 0 Å². The van der Waals surface area contributed by atoms with E-state index in [0.29, 0.717) is 6.61 Å². The van der Waals surface area contributed by atoms with E-state index in [1.54, 1.807) is 0 Å². The Balaban J connectivity index is 4.12. The maximum absolute atomic E-state index is 12.6. The second kappa shape index (κ2) is 39.9. The zero-order chi connectivity index (χ0) is 38.2. The molecule has 0 aliphatic carbocycles. The first-order chi connectivity index (χ1) is 25.3. The van der Waals surface area contributed by atoms with Crippen molar-refractivity contribution in [1.29, 1.82) is 0 Å². The molecule has 0 bridgehead atoms. The quantitative estimate of drug-likeness (QED) is 0.0241. The lowest BCUT2D eigenvalue weighted by Gasteiger charge is -2.20. The van der Waals surface area contributed by atoms with Gasteiger partial charge in [0, 0.05) is 13.0 Å². The lowest BCUT2D eigenvalue weighted by Crippen LogP contribution is -2.29. The molecule has 0 heterocycles. The Kier molecular flexibility index (Phi) is 39.3. The molecule has 0 aliphatic heterocycles. The van der Waals surface area contributed by atoms with Crippen molar-refractivity contribution < 1.29 is 43.0 Å². The summed E-state index contributed by atoms with van der Waals surface area (Å²) in [5, 5.41) is 18.3. The van der Waals surface area contributed by atoms with Gasteiger partial charge in [-0.3, -0.25) is 13.8 Å². The predicted molar refractivity (Wildman–Crippen MR) is 215 cm³/mol. The SMILES string of the molecule is CCCCCC/C=C\CCCCCCCC(=O)OC(COCCCCCCCCCCCCCCCCCCCC)COP(=O)(O)OCC(O)CO. The van der Waals surface area contributed by atoms with Gasteiger partial charge in [0.15, 0.2) is 0 Å². The number of rotatable bonds is 42. The Morgan fingerprint density at radius 3 is 1.46 bits per heavy atom. The van der Waals surface area contributed by atoms with Crippen LogP contribution in [-0.2, 0) is 27.9 Å². The number of phosphoric ester groups is 1. The average molecular weight is 763 g/mol. The van der Waals surface area contributed by atoms with Gasteiger partial charge in [0.05, 0.1) is 26.4 Å². The minimum absolute atomic E-state index is 0.0517. The first-order valence-electron chi connectivity index (χ1n) is 21.7. The van der Waals surface area contributed by atoms with Crippen LogP contribution in [0.25, 0.3) is 0 Å². The van der Waals surface area contributed by atoms with E-state index in [1.807, 2.05) is 0 Å². The molecular formula is C42H83O9P. The normalized spacial score (nSPS) is 14.2. The average Bonchev–Trinajstić information content (AvgIpc) is 3.13. The van der Waals surface area contributed by atoms with Crippen LogP contribution in [0.2, 0.25) is 0 Å². The predicted octanol–water partition coefficient (Wildman–Crippen LogP) is 11.7. The minimum atomic E-state index is -4.51. The second-order valence-electron chi connectivity index (χ2n) is 14.7. The third kappa shape index (κ3) is 38.9. The number of carbonyl (C=O) groups excluding carboxylic acids is 1. The van der Waals surface area contributed by atoms with Crippen molar-refractivity contribution in [3.8, 4) is 0 Å². The number of hydrogen-bond donors (Lipinski definition) is 3. The van der Waals surface area contributed by atoms with E-state index >= 15 is 0 Å². The number of carbonyl (C=O) groups is 1. The van der Waals surface area contributed by atoms with Crippen LogP contribution in [0.5, 0.6) is 0 Å². The molecule has 3 atom stereocenters. The summed E-state index contributed by atoms with van der Waals surface area (Å²) in [4.78, 5) is 22.5. The number of esters is 1. The van der Waals surface area contributed by atoms with Gasteiger partial charge in [-0.05, 0) is 38.5 Å². The van der Waals surface area contributed by atoms with Crippen molar-refractivity contribution in [2.24, 2.45) is 0 Å². The molecule has 0 spiro atoms. The van der Waals surface area contributed by atoms with Crippen LogP contribution in [-0.4, -0.2) is 66.3 Å². The van der Waals surface area contributed by atoms with Gasteiger partial charge >= 0.3 is 13.8 Å². The van der Waals surface area contributed by atoms with Gasteiger partial charge in [-0.25, -0.2) is 4.57 Å². The van der Waals surface area contributed by atoms with Gasteiger partial charge in [0.2, 0.25) is 0 Å². The van der Waals surface area contributed by atoms with Crippen LogP contribution in [0.3, 0.4) is 0 Å². The van der Waals surface area contributed by atoms with Crippen molar-refractivity contribution in [3.05, 3.63) is 12.2 Å². The van der Waals surface area contributed by atoms with Crippen molar-refractivity contribution in [2.45, 2.75) is 219 Å². The molecule has 310 valence electrons. The summed E-state index contributed by atoms with van der Waals surface area (Å²) in [5.74, 6) is -0.388. The Labute approximate surface area is 320 Å². The molecule has 0 rings (SSSR count). The molecule has 52 heavy (non-hydrogen) atoms. The van der Waals surface area contributed by atoms with E-state index in [0.717, 1.165) is 51.4 Å². The molecule has 3 unspecified atom stereocenters. The topological polar surface area (TPSA) is 132 Å². The number of aliphatic hydroxyl groups is 2. The lowest BCUT2D eigenvalue weighted by atomic mass is 10.0. The molecule has 0 saturated carbocycles.